The second kappa shape index (κ2) is 7.14. The molecule has 0 saturated heterocycles. The molecule has 0 heterocycles. The summed E-state index contributed by atoms with van der Waals surface area (Å²) >= 11 is 0. The van der Waals surface area contributed by atoms with Gasteiger partial charge in [-0.2, -0.15) is 0 Å². The Bertz CT molecular complexity index is 257. The molecule has 1 unspecified atom stereocenters. The zero-order chi connectivity index (χ0) is 11.8. The van der Waals surface area contributed by atoms with Crippen LogP contribution in [0.4, 0.5) is 0 Å². The molecular weight excluding hydrogens is 200 g/mol. The van der Waals surface area contributed by atoms with Crippen molar-refractivity contribution in [1.29, 1.82) is 0 Å². The van der Waals surface area contributed by atoms with Crippen LogP contribution in [0.1, 0.15) is 20.3 Å². The highest BCUT2D eigenvalue weighted by atomic mass is 16.5. The Labute approximate surface area is 88.4 Å². The van der Waals surface area contributed by atoms with E-state index in [1.807, 2.05) is 0 Å². The minimum Gasteiger partial charge on any atom is -0.459 e. The lowest BCUT2D eigenvalue weighted by Gasteiger charge is -2.08. The van der Waals surface area contributed by atoms with Crippen LogP contribution in [0.25, 0.3) is 0 Å². The van der Waals surface area contributed by atoms with Crippen LogP contribution >= 0.6 is 0 Å². The summed E-state index contributed by atoms with van der Waals surface area (Å²) in [7, 11) is 0. The summed E-state index contributed by atoms with van der Waals surface area (Å²) in [5.74, 6) is -0.638. The summed E-state index contributed by atoms with van der Waals surface area (Å²) in [4.78, 5) is 21.8. The number of Topliss-reactive ketones (excluding diaryl/α,β-unsaturated/α-hetero) is 1. The monoisotopic (exact) mass is 216 g/mol. The second-order valence-electron chi connectivity index (χ2n) is 3.23. The lowest BCUT2D eigenvalue weighted by atomic mass is 10.2. The molecule has 5 heteroatoms. The molecule has 0 aliphatic rings. The molecular formula is C10H16O5. The van der Waals surface area contributed by atoms with Crippen molar-refractivity contribution in [3.63, 3.8) is 0 Å². The smallest absolute Gasteiger partial charge is 0.333 e. The van der Waals surface area contributed by atoms with Gasteiger partial charge in [0, 0.05) is 12.0 Å². The zero-order valence-electron chi connectivity index (χ0n) is 8.90. The fourth-order valence-electron chi connectivity index (χ4n) is 0.719. The van der Waals surface area contributed by atoms with E-state index in [9.17, 15) is 9.59 Å². The Morgan fingerprint density at radius 1 is 1.40 bits per heavy atom. The highest BCUT2D eigenvalue weighted by Crippen LogP contribution is 2.00. The molecule has 0 saturated carbocycles. The van der Waals surface area contributed by atoms with Gasteiger partial charge in [-0.15, -0.1) is 0 Å². The highest BCUT2D eigenvalue weighted by molar-refractivity contribution is 5.89. The van der Waals surface area contributed by atoms with Crippen LogP contribution in [-0.4, -0.2) is 41.3 Å². The van der Waals surface area contributed by atoms with Gasteiger partial charge in [-0.1, -0.05) is 6.08 Å². The summed E-state index contributed by atoms with van der Waals surface area (Å²) in [6.45, 7) is 2.24. The average Bonchev–Trinajstić information content (AvgIpc) is 2.21. The largest absolute Gasteiger partial charge is 0.459 e. The van der Waals surface area contributed by atoms with Gasteiger partial charge >= 0.3 is 5.97 Å². The van der Waals surface area contributed by atoms with E-state index in [2.05, 4.69) is 4.74 Å². The maximum Gasteiger partial charge on any atom is 0.333 e. The molecule has 0 aliphatic carbocycles. The fourth-order valence-corrected chi connectivity index (χ4v) is 0.719. The highest BCUT2D eigenvalue weighted by Gasteiger charge is 2.09. The number of allylic oxidation sites excluding steroid dienone is 1. The third-order valence-electron chi connectivity index (χ3n) is 1.64. The van der Waals surface area contributed by atoms with E-state index in [4.69, 9.17) is 10.2 Å². The van der Waals surface area contributed by atoms with E-state index in [0.29, 0.717) is 5.57 Å². The number of esters is 1. The second-order valence-corrected chi connectivity index (χ2v) is 3.23. The first-order valence-corrected chi connectivity index (χ1v) is 4.59. The zero-order valence-corrected chi connectivity index (χ0v) is 8.90. The number of ketones is 1. The van der Waals surface area contributed by atoms with Crippen molar-refractivity contribution >= 4 is 11.8 Å². The maximum absolute atomic E-state index is 11.2. The molecule has 0 aromatic rings. The van der Waals surface area contributed by atoms with Crippen LogP contribution in [0, 0.1) is 0 Å². The first-order valence-electron chi connectivity index (χ1n) is 4.59. The first-order chi connectivity index (χ1) is 6.97. The van der Waals surface area contributed by atoms with Crippen LogP contribution in [0.2, 0.25) is 0 Å². The standard InChI is InChI=1S/C10H16O5/c1-7(3-4-8(2)12)10(14)15-6-9(13)5-11/h3,9,11,13H,4-6H2,1-2H3. The molecule has 0 aromatic carbocycles. The van der Waals surface area contributed by atoms with Gasteiger partial charge < -0.3 is 14.9 Å². The van der Waals surface area contributed by atoms with Gasteiger partial charge in [-0.3, -0.25) is 4.79 Å². The molecule has 0 spiro atoms. The Morgan fingerprint density at radius 3 is 2.47 bits per heavy atom. The average molecular weight is 216 g/mol. The molecule has 1 atom stereocenters. The number of rotatable bonds is 6. The quantitative estimate of drug-likeness (QED) is 0.475. The molecule has 86 valence electrons. The van der Waals surface area contributed by atoms with Crippen molar-refractivity contribution in [2.45, 2.75) is 26.4 Å². The van der Waals surface area contributed by atoms with Crippen LogP contribution in [0.15, 0.2) is 11.6 Å². The topological polar surface area (TPSA) is 83.8 Å². The van der Waals surface area contributed by atoms with Gasteiger partial charge in [0.25, 0.3) is 0 Å². The molecule has 0 aliphatic heterocycles. The maximum atomic E-state index is 11.2. The van der Waals surface area contributed by atoms with Crippen molar-refractivity contribution in [2.24, 2.45) is 0 Å². The number of carbonyl (C=O) groups excluding carboxylic acids is 2. The van der Waals surface area contributed by atoms with Gasteiger partial charge in [-0.05, 0) is 13.8 Å². The van der Waals surface area contributed by atoms with Crippen LogP contribution in [-0.2, 0) is 14.3 Å². The van der Waals surface area contributed by atoms with E-state index in [1.54, 1.807) is 0 Å². The van der Waals surface area contributed by atoms with Gasteiger partial charge in [0.1, 0.15) is 18.5 Å². The van der Waals surface area contributed by atoms with Crippen molar-refractivity contribution in [1.82, 2.24) is 0 Å². The van der Waals surface area contributed by atoms with E-state index in [0.717, 1.165) is 0 Å². The van der Waals surface area contributed by atoms with Gasteiger partial charge in [0.2, 0.25) is 0 Å². The van der Waals surface area contributed by atoms with Crippen LogP contribution < -0.4 is 0 Å². The number of aliphatic hydroxyl groups excluding tert-OH is 2. The number of aliphatic hydroxyl groups is 2. The number of hydrogen-bond donors (Lipinski definition) is 2. The number of carbonyl (C=O) groups is 2. The molecule has 0 bridgehead atoms. The molecule has 2 N–H and O–H groups in total. The van der Waals surface area contributed by atoms with Crippen LogP contribution in [0.5, 0.6) is 0 Å². The van der Waals surface area contributed by atoms with Crippen molar-refractivity contribution < 1.29 is 24.5 Å². The van der Waals surface area contributed by atoms with Gasteiger partial charge in [0.15, 0.2) is 0 Å². The van der Waals surface area contributed by atoms with Crippen molar-refractivity contribution in [2.75, 3.05) is 13.2 Å². The lowest BCUT2D eigenvalue weighted by Crippen LogP contribution is -2.22. The normalized spacial score (nSPS) is 13.5. The molecule has 0 radical (unpaired) electrons. The lowest BCUT2D eigenvalue weighted by molar-refractivity contribution is -0.142. The number of ether oxygens (including phenoxy) is 1. The van der Waals surface area contributed by atoms with E-state index < -0.39 is 18.7 Å². The Balaban J connectivity index is 3.99. The summed E-state index contributed by atoms with van der Waals surface area (Å²) < 4.78 is 4.66. The van der Waals surface area contributed by atoms with E-state index >= 15 is 0 Å². The third-order valence-corrected chi connectivity index (χ3v) is 1.64. The van der Waals surface area contributed by atoms with Gasteiger partial charge in [-0.25, -0.2) is 4.79 Å². The molecule has 5 nitrogen and oxygen atoms in total. The predicted octanol–water partition coefficient (Wildman–Crippen LogP) is -0.192. The Morgan fingerprint density at radius 2 is 2.00 bits per heavy atom. The summed E-state index contributed by atoms with van der Waals surface area (Å²) in [6, 6.07) is 0. The predicted molar refractivity (Wildman–Crippen MR) is 53.1 cm³/mol. The Kier molecular flexibility index (Phi) is 6.57. The summed E-state index contributed by atoms with van der Waals surface area (Å²) in [6.07, 6.45) is 0.592. The summed E-state index contributed by atoms with van der Waals surface area (Å²) in [5.41, 5.74) is 0.315. The van der Waals surface area contributed by atoms with E-state index in [-0.39, 0.29) is 18.8 Å². The fraction of sp³-hybridized carbons (Fsp3) is 0.600. The van der Waals surface area contributed by atoms with Crippen molar-refractivity contribution in [3.05, 3.63) is 11.6 Å². The minimum atomic E-state index is -1.06. The molecule has 0 amide bonds. The third kappa shape index (κ3) is 6.82. The van der Waals surface area contributed by atoms with Gasteiger partial charge in [0.05, 0.1) is 6.61 Å². The SMILES string of the molecule is CC(=O)CC=C(C)C(=O)OCC(O)CO. The van der Waals surface area contributed by atoms with E-state index in [1.165, 1.54) is 19.9 Å². The molecule has 0 rings (SSSR count). The first kappa shape index (κ1) is 13.8. The summed E-state index contributed by atoms with van der Waals surface area (Å²) in [5, 5.41) is 17.4. The molecule has 15 heavy (non-hydrogen) atoms. The van der Waals surface area contributed by atoms with Crippen LogP contribution in [0.3, 0.4) is 0 Å². The molecule has 0 fully saturated rings. The minimum absolute atomic E-state index is 0.0439. The van der Waals surface area contributed by atoms with Crippen molar-refractivity contribution in [3.8, 4) is 0 Å². The molecule has 0 aromatic heterocycles. The Hall–Kier alpha value is -1.20. The number of hydrogen-bond acceptors (Lipinski definition) is 5.